The largest absolute Gasteiger partial charge is 0.508 e. The van der Waals surface area contributed by atoms with Crippen molar-refractivity contribution >= 4 is 5.97 Å². The lowest BCUT2D eigenvalue weighted by Crippen LogP contribution is -2.22. The average Bonchev–Trinajstić information content (AvgIpc) is 3.19. The van der Waals surface area contributed by atoms with E-state index in [4.69, 9.17) is 14.2 Å². The number of hydrogen-bond donors (Lipinski definition) is 2. The van der Waals surface area contributed by atoms with Gasteiger partial charge in [-0.25, -0.2) is 4.79 Å². The van der Waals surface area contributed by atoms with Gasteiger partial charge in [0.1, 0.15) is 23.7 Å². The number of hydrogen-bond acceptors (Lipinski definition) is 6. The number of epoxide rings is 1. The van der Waals surface area contributed by atoms with Gasteiger partial charge >= 0.3 is 5.97 Å². The molecule has 122 valence electrons. The minimum Gasteiger partial charge on any atom is -0.508 e. The van der Waals surface area contributed by atoms with Crippen LogP contribution in [0.3, 0.4) is 0 Å². The molecule has 2 aliphatic heterocycles. The Morgan fingerprint density at radius 2 is 1.96 bits per heavy atom. The molecule has 2 saturated heterocycles. The summed E-state index contributed by atoms with van der Waals surface area (Å²) in [4.78, 5) is 12.2. The molecule has 2 fully saturated rings. The Labute approximate surface area is 133 Å². The van der Waals surface area contributed by atoms with Crippen LogP contribution in [0.25, 0.3) is 0 Å². The Kier molecular flexibility index (Phi) is 2.98. The molecule has 0 radical (unpaired) electrons. The zero-order chi connectivity index (χ0) is 16.4. The molecule has 0 amide bonds. The van der Waals surface area contributed by atoms with Gasteiger partial charge in [-0.3, -0.25) is 0 Å². The van der Waals surface area contributed by atoms with E-state index in [2.05, 4.69) is 0 Å². The second-order valence-corrected chi connectivity index (χ2v) is 6.29. The number of phenolic OH excluding ortho intramolecular Hbond substituents is 2. The molecule has 0 unspecified atom stereocenters. The highest BCUT2D eigenvalue weighted by Gasteiger charge is 2.73. The van der Waals surface area contributed by atoms with E-state index >= 15 is 0 Å². The number of carbonyl (C=O) groups excluding carboxylic acids is 1. The van der Waals surface area contributed by atoms with Crippen LogP contribution in [-0.4, -0.2) is 35.0 Å². The van der Waals surface area contributed by atoms with E-state index in [9.17, 15) is 15.0 Å². The summed E-state index contributed by atoms with van der Waals surface area (Å²) in [5, 5.41) is 20.7. The zero-order valence-electron chi connectivity index (χ0n) is 12.9. The molecule has 2 heterocycles. The third-order valence-electron chi connectivity index (χ3n) is 5.01. The molecule has 1 aliphatic carbocycles. The molecule has 23 heavy (non-hydrogen) atoms. The van der Waals surface area contributed by atoms with Gasteiger partial charge in [0.05, 0.1) is 0 Å². The first-order valence-electron chi connectivity index (χ1n) is 7.62. The highest BCUT2D eigenvalue weighted by molar-refractivity contribution is 5.87. The molecule has 6 heteroatoms. The fourth-order valence-electron chi connectivity index (χ4n) is 3.79. The molecular weight excluding hydrogens is 300 g/mol. The number of ether oxygens (including phenoxy) is 3. The summed E-state index contributed by atoms with van der Waals surface area (Å²) in [6.07, 6.45) is 1.48. The monoisotopic (exact) mass is 318 g/mol. The van der Waals surface area contributed by atoms with Crippen molar-refractivity contribution in [2.45, 2.75) is 43.7 Å². The van der Waals surface area contributed by atoms with Gasteiger partial charge in [0.15, 0.2) is 11.7 Å². The number of esters is 1. The summed E-state index contributed by atoms with van der Waals surface area (Å²) in [6, 6.07) is 2.80. The van der Waals surface area contributed by atoms with Crippen LogP contribution in [-0.2, 0) is 19.0 Å². The van der Waals surface area contributed by atoms with E-state index in [-0.39, 0.29) is 11.5 Å². The number of phenols is 2. The SMILES string of the molecule is CO[C@H]1/C(C)=C\CC[C@]23O[C@H]2[C@H](OC3=O)c2c(O)ccc(O)c21. The molecule has 4 atom stereocenters. The van der Waals surface area contributed by atoms with Gasteiger partial charge in [-0.15, -0.1) is 0 Å². The Hall–Kier alpha value is -2.05. The van der Waals surface area contributed by atoms with E-state index in [1.54, 1.807) is 7.11 Å². The number of allylic oxidation sites excluding steroid dienone is 1. The number of methoxy groups -OCH3 is 1. The summed E-state index contributed by atoms with van der Waals surface area (Å²) >= 11 is 0. The number of aromatic hydroxyl groups is 2. The first-order chi connectivity index (χ1) is 11.0. The van der Waals surface area contributed by atoms with Crippen LogP contribution >= 0.6 is 0 Å². The number of benzene rings is 1. The predicted octanol–water partition coefficient (Wildman–Crippen LogP) is 2.26. The van der Waals surface area contributed by atoms with Crippen molar-refractivity contribution in [2.75, 3.05) is 7.11 Å². The standard InChI is InChI=1S/C17H18O6/c1-8-4-3-7-17-15(23-17)14(22-16(17)20)12-10(19)6-5-9(18)11(12)13(8)21-2/h4-6,13-15,18-19H,3,7H2,1-2H3/b8-4-/t13-,14+,15-,17-/m0/s1. The van der Waals surface area contributed by atoms with Gasteiger partial charge in [0, 0.05) is 18.2 Å². The van der Waals surface area contributed by atoms with Gasteiger partial charge in [0.25, 0.3) is 0 Å². The second-order valence-electron chi connectivity index (χ2n) is 6.29. The molecule has 0 saturated carbocycles. The minimum atomic E-state index is -0.906. The van der Waals surface area contributed by atoms with Crippen molar-refractivity contribution in [3.63, 3.8) is 0 Å². The lowest BCUT2D eigenvalue weighted by atomic mass is 9.87. The van der Waals surface area contributed by atoms with Gasteiger partial charge in [0.2, 0.25) is 0 Å². The van der Waals surface area contributed by atoms with E-state index in [0.717, 1.165) is 5.57 Å². The fraction of sp³-hybridized carbons (Fsp3) is 0.471. The normalized spacial score (nSPS) is 37.2. The quantitative estimate of drug-likeness (QED) is 0.357. The lowest BCUT2D eigenvalue weighted by Gasteiger charge is -2.24. The van der Waals surface area contributed by atoms with Crippen molar-refractivity contribution in [1.29, 1.82) is 0 Å². The van der Waals surface area contributed by atoms with Crippen LogP contribution in [0.1, 0.15) is 43.1 Å². The molecule has 3 aliphatic rings. The maximum absolute atomic E-state index is 12.2. The van der Waals surface area contributed by atoms with Crippen LogP contribution in [0.5, 0.6) is 11.5 Å². The Morgan fingerprint density at radius 1 is 1.26 bits per heavy atom. The van der Waals surface area contributed by atoms with Crippen molar-refractivity contribution in [3.05, 3.63) is 34.9 Å². The number of rotatable bonds is 1. The minimum absolute atomic E-state index is 0.00725. The Bertz CT molecular complexity index is 724. The van der Waals surface area contributed by atoms with Crippen LogP contribution < -0.4 is 0 Å². The van der Waals surface area contributed by atoms with E-state index in [1.807, 2.05) is 13.0 Å². The number of carbonyl (C=O) groups is 1. The Balaban J connectivity index is 1.96. The summed E-state index contributed by atoms with van der Waals surface area (Å²) in [5.74, 6) is -0.451. The van der Waals surface area contributed by atoms with E-state index in [0.29, 0.717) is 24.0 Å². The Morgan fingerprint density at radius 3 is 2.61 bits per heavy atom. The zero-order valence-corrected chi connectivity index (χ0v) is 12.9. The summed E-state index contributed by atoms with van der Waals surface area (Å²) in [5.41, 5.74) is 0.782. The van der Waals surface area contributed by atoms with Crippen molar-refractivity contribution < 1.29 is 29.2 Å². The molecule has 1 aromatic rings. The molecule has 4 rings (SSSR count). The smallest absolute Gasteiger partial charge is 0.342 e. The molecule has 1 aromatic carbocycles. The van der Waals surface area contributed by atoms with Gasteiger partial charge < -0.3 is 24.4 Å². The van der Waals surface area contributed by atoms with Crippen molar-refractivity contribution in [3.8, 4) is 11.5 Å². The predicted molar refractivity (Wildman–Crippen MR) is 78.9 cm³/mol. The van der Waals surface area contributed by atoms with E-state index in [1.165, 1.54) is 12.1 Å². The van der Waals surface area contributed by atoms with Crippen LogP contribution in [0.2, 0.25) is 0 Å². The molecule has 6 nitrogen and oxygen atoms in total. The lowest BCUT2D eigenvalue weighted by molar-refractivity contribution is -0.154. The molecule has 2 bridgehead atoms. The topological polar surface area (TPSA) is 88.5 Å². The van der Waals surface area contributed by atoms with Crippen molar-refractivity contribution in [2.24, 2.45) is 0 Å². The molecule has 0 spiro atoms. The maximum atomic E-state index is 12.2. The third kappa shape index (κ3) is 1.85. The van der Waals surface area contributed by atoms with Crippen LogP contribution in [0.15, 0.2) is 23.8 Å². The average molecular weight is 318 g/mol. The van der Waals surface area contributed by atoms with Gasteiger partial charge in [-0.1, -0.05) is 6.08 Å². The fourth-order valence-corrected chi connectivity index (χ4v) is 3.79. The molecule has 2 N–H and O–H groups in total. The van der Waals surface area contributed by atoms with Crippen LogP contribution in [0, 0.1) is 0 Å². The first-order valence-corrected chi connectivity index (χ1v) is 7.62. The molecular formula is C17H18O6. The van der Waals surface area contributed by atoms with Gasteiger partial charge in [-0.2, -0.15) is 0 Å². The number of fused-ring (bicyclic) bond motifs is 2. The summed E-state index contributed by atoms with van der Waals surface area (Å²) in [6.45, 7) is 1.90. The molecule has 0 aromatic heterocycles. The van der Waals surface area contributed by atoms with Crippen molar-refractivity contribution in [1.82, 2.24) is 0 Å². The second kappa shape index (κ2) is 4.72. The van der Waals surface area contributed by atoms with Crippen LogP contribution in [0.4, 0.5) is 0 Å². The van der Waals surface area contributed by atoms with Gasteiger partial charge in [-0.05, 0) is 37.5 Å². The third-order valence-corrected chi connectivity index (χ3v) is 5.01. The first kappa shape index (κ1) is 14.5. The maximum Gasteiger partial charge on any atom is 0.342 e. The highest BCUT2D eigenvalue weighted by atomic mass is 16.7. The summed E-state index contributed by atoms with van der Waals surface area (Å²) in [7, 11) is 1.54. The van der Waals surface area contributed by atoms with E-state index < -0.39 is 29.9 Å². The summed E-state index contributed by atoms with van der Waals surface area (Å²) < 4.78 is 16.7. The highest BCUT2D eigenvalue weighted by Crippen LogP contribution is 2.59.